The number of pyridine rings is 1. The first-order chi connectivity index (χ1) is 12.9. The molecule has 0 bridgehead atoms. The summed E-state index contributed by atoms with van der Waals surface area (Å²) in [6, 6.07) is 10.2. The van der Waals surface area contributed by atoms with E-state index in [1.807, 2.05) is 22.8 Å². The molecular formula is C18H15F3N4O2. The van der Waals surface area contributed by atoms with Crippen LogP contribution in [0.5, 0.6) is 5.75 Å². The Hall–Kier alpha value is -3.36. The molecule has 2 aromatic heterocycles. The predicted molar refractivity (Wildman–Crippen MR) is 90.9 cm³/mol. The Morgan fingerprint density at radius 3 is 2.52 bits per heavy atom. The normalized spacial score (nSPS) is 11.2. The van der Waals surface area contributed by atoms with Crippen molar-refractivity contribution in [3.63, 3.8) is 0 Å². The van der Waals surface area contributed by atoms with Crippen molar-refractivity contribution >= 4 is 5.91 Å². The predicted octanol–water partition coefficient (Wildman–Crippen LogP) is 3.27. The Morgan fingerprint density at radius 1 is 1.07 bits per heavy atom. The van der Waals surface area contributed by atoms with Crippen LogP contribution >= 0.6 is 0 Å². The number of hydrogen-bond donors (Lipinski definition) is 1. The highest BCUT2D eigenvalue weighted by Gasteiger charge is 2.31. The van der Waals surface area contributed by atoms with Crippen LogP contribution in [-0.2, 0) is 6.54 Å². The van der Waals surface area contributed by atoms with Crippen LogP contribution < -0.4 is 10.1 Å². The molecule has 0 fully saturated rings. The summed E-state index contributed by atoms with van der Waals surface area (Å²) in [5.41, 5.74) is 0.953. The van der Waals surface area contributed by atoms with Gasteiger partial charge < -0.3 is 14.6 Å². The molecule has 140 valence electrons. The lowest BCUT2D eigenvalue weighted by Crippen LogP contribution is -2.27. The van der Waals surface area contributed by atoms with Gasteiger partial charge in [0.1, 0.15) is 11.4 Å². The summed E-state index contributed by atoms with van der Waals surface area (Å²) in [6.07, 6.45) is 0.326. The molecule has 0 aliphatic carbocycles. The molecule has 0 saturated carbocycles. The number of carbonyl (C=O) groups is 1. The number of ether oxygens (including phenoxy) is 1. The van der Waals surface area contributed by atoms with Gasteiger partial charge >= 0.3 is 6.36 Å². The first-order valence-electron chi connectivity index (χ1n) is 7.99. The molecule has 0 aliphatic heterocycles. The van der Waals surface area contributed by atoms with E-state index in [-0.39, 0.29) is 11.3 Å². The molecule has 1 N–H and O–H groups in total. The third-order valence-corrected chi connectivity index (χ3v) is 3.60. The lowest BCUT2D eigenvalue weighted by Gasteiger charge is -2.10. The van der Waals surface area contributed by atoms with Gasteiger partial charge in [-0.2, -0.15) is 0 Å². The van der Waals surface area contributed by atoms with Gasteiger partial charge in [0.05, 0.1) is 0 Å². The number of nitrogens with one attached hydrogen (secondary N) is 1. The Kier molecular flexibility index (Phi) is 5.39. The SMILES string of the molecule is O=C(NCCn1ccnc1-c1ccccn1)c1ccc(OC(F)(F)F)cc1. The average Bonchev–Trinajstić information content (AvgIpc) is 3.10. The molecule has 1 aromatic carbocycles. The fourth-order valence-electron chi connectivity index (χ4n) is 2.42. The zero-order valence-corrected chi connectivity index (χ0v) is 14.0. The Labute approximate surface area is 152 Å². The highest BCUT2D eigenvalue weighted by atomic mass is 19.4. The largest absolute Gasteiger partial charge is 0.573 e. The first-order valence-corrected chi connectivity index (χ1v) is 7.99. The van der Waals surface area contributed by atoms with Crippen molar-refractivity contribution in [2.75, 3.05) is 6.54 Å². The molecule has 2 heterocycles. The van der Waals surface area contributed by atoms with Crippen LogP contribution in [0.15, 0.2) is 61.1 Å². The smallest absolute Gasteiger partial charge is 0.406 e. The highest BCUT2D eigenvalue weighted by molar-refractivity contribution is 5.94. The first kappa shape index (κ1) is 18.4. The van der Waals surface area contributed by atoms with Crippen LogP contribution in [0.4, 0.5) is 13.2 Å². The van der Waals surface area contributed by atoms with Gasteiger partial charge in [-0.3, -0.25) is 9.78 Å². The van der Waals surface area contributed by atoms with Crippen molar-refractivity contribution < 1.29 is 22.7 Å². The second kappa shape index (κ2) is 7.90. The van der Waals surface area contributed by atoms with E-state index in [0.29, 0.717) is 24.6 Å². The Morgan fingerprint density at radius 2 is 1.85 bits per heavy atom. The molecular weight excluding hydrogens is 361 g/mol. The molecule has 1 amide bonds. The minimum Gasteiger partial charge on any atom is -0.406 e. The fourth-order valence-corrected chi connectivity index (χ4v) is 2.42. The van der Waals surface area contributed by atoms with Gasteiger partial charge in [-0.1, -0.05) is 6.07 Å². The monoisotopic (exact) mass is 376 g/mol. The van der Waals surface area contributed by atoms with Gasteiger partial charge in [-0.05, 0) is 36.4 Å². The summed E-state index contributed by atoms with van der Waals surface area (Å²) in [5, 5.41) is 2.71. The van der Waals surface area contributed by atoms with Gasteiger partial charge in [-0.15, -0.1) is 13.2 Å². The second-order valence-electron chi connectivity index (χ2n) is 5.49. The molecule has 3 aromatic rings. The molecule has 0 atom stereocenters. The molecule has 3 rings (SSSR count). The number of halogens is 3. The molecule has 0 aliphatic rings. The summed E-state index contributed by atoms with van der Waals surface area (Å²) in [6.45, 7) is 0.781. The van der Waals surface area contributed by atoms with Gasteiger partial charge in [0.2, 0.25) is 0 Å². The molecule has 0 saturated heterocycles. The van der Waals surface area contributed by atoms with Crippen molar-refractivity contribution in [2.45, 2.75) is 12.9 Å². The van der Waals surface area contributed by atoms with Crippen molar-refractivity contribution in [3.8, 4) is 17.3 Å². The highest BCUT2D eigenvalue weighted by Crippen LogP contribution is 2.22. The van der Waals surface area contributed by atoms with Crippen molar-refractivity contribution in [2.24, 2.45) is 0 Å². The number of hydrogen-bond acceptors (Lipinski definition) is 4. The molecule has 9 heteroatoms. The number of rotatable bonds is 6. The number of aromatic nitrogens is 3. The van der Waals surface area contributed by atoms with E-state index >= 15 is 0 Å². The summed E-state index contributed by atoms with van der Waals surface area (Å²) >= 11 is 0. The molecule has 0 spiro atoms. The summed E-state index contributed by atoms with van der Waals surface area (Å²) < 4.78 is 42.1. The van der Waals surface area contributed by atoms with Crippen LogP contribution in [0.2, 0.25) is 0 Å². The molecule has 6 nitrogen and oxygen atoms in total. The number of benzene rings is 1. The zero-order chi connectivity index (χ0) is 19.3. The van der Waals surface area contributed by atoms with Crippen LogP contribution in [0.1, 0.15) is 10.4 Å². The summed E-state index contributed by atoms with van der Waals surface area (Å²) in [4.78, 5) is 20.6. The third kappa shape index (κ3) is 5.06. The fraction of sp³-hybridized carbons (Fsp3) is 0.167. The van der Waals surface area contributed by atoms with Crippen LogP contribution in [0.3, 0.4) is 0 Å². The number of nitrogens with zero attached hydrogens (tertiary/aromatic N) is 3. The van der Waals surface area contributed by atoms with E-state index < -0.39 is 12.3 Å². The van der Waals surface area contributed by atoms with Gasteiger partial charge in [-0.25, -0.2) is 4.98 Å². The number of alkyl halides is 3. The van der Waals surface area contributed by atoms with Gasteiger partial charge in [0, 0.05) is 37.2 Å². The maximum atomic E-state index is 12.1. The summed E-state index contributed by atoms with van der Waals surface area (Å²) in [5.74, 6) is -0.0935. The van der Waals surface area contributed by atoms with Crippen molar-refractivity contribution in [1.29, 1.82) is 0 Å². The van der Waals surface area contributed by atoms with Crippen molar-refractivity contribution in [3.05, 3.63) is 66.6 Å². The Bertz CT molecular complexity index is 893. The van der Waals surface area contributed by atoms with Gasteiger partial charge in [0.15, 0.2) is 5.82 Å². The maximum Gasteiger partial charge on any atom is 0.573 e. The molecule has 27 heavy (non-hydrogen) atoms. The lowest BCUT2D eigenvalue weighted by atomic mass is 10.2. The standard InChI is InChI=1S/C18H15F3N4O2/c19-18(20,21)27-14-6-4-13(5-7-14)17(26)24-10-12-25-11-9-23-16(25)15-3-1-2-8-22-15/h1-9,11H,10,12H2,(H,24,26). The summed E-state index contributed by atoms with van der Waals surface area (Å²) in [7, 11) is 0. The van der Waals surface area contributed by atoms with E-state index in [1.54, 1.807) is 18.6 Å². The van der Waals surface area contributed by atoms with Crippen LogP contribution in [-0.4, -0.2) is 33.3 Å². The lowest BCUT2D eigenvalue weighted by molar-refractivity contribution is -0.274. The van der Waals surface area contributed by atoms with E-state index in [9.17, 15) is 18.0 Å². The molecule has 0 radical (unpaired) electrons. The van der Waals surface area contributed by atoms with Crippen LogP contribution in [0.25, 0.3) is 11.5 Å². The second-order valence-corrected chi connectivity index (χ2v) is 5.49. The van der Waals surface area contributed by atoms with E-state index in [1.165, 1.54) is 12.1 Å². The number of amides is 1. The van der Waals surface area contributed by atoms with E-state index in [2.05, 4.69) is 20.0 Å². The number of carbonyl (C=O) groups excluding carboxylic acids is 1. The minimum atomic E-state index is -4.76. The molecule has 0 unspecified atom stereocenters. The van der Waals surface area contributed by atoms with E-state index in [4.69, 9.17) is 0 Å². The minimum absolute atomic E-state index is 0.236. The quantitative estimate of drug-likeness (QED) is 0.717. The maximum absolute atomic E-state index is 12.1. The average molecular weight is 376 g/mol. The van der Waals surface area contributed by atoms with E-state index in [0.717, 1.165) is 12.1 Å². The van der Waals surface area contributed by atoms with Crippen LogP contribution in [0, 0.1) is 0 Å². The van der Waals surface area contributed by atoms with Gasteiger partial charge in [0.25, 0.3) is 5.91 Å². The number of imidazole rings is 1. The topological polar surface area (TPSA) is 69.0 Å². The van der Waals surface area contributed by atoms with Crippen molar-refractivity contribution in [1.82, 2.24) is 19.9 Å². The third-order valence-electron chi connectivity index (χ3n) is 3.60. The zero-order valence-electron chi connectivity index (χ0n) is 14.0. The Balaban J connectivity index is 1.55.